The predicted molar refractivity (Wildman–Crippen MR) is 137 cm³/mol. The van der Waals surface area contributed by atoms with Gasteiger partial charge in [0.2, 0.25) is 5.95 Å². The third-order valence-corrected chi connectivity index (χ3v) is 5.98. The van der Waals surface area contributed by atoms with Crippen LogP contribution in [0.2, 0.25) is 0 Å². The molecule has 0 aliphatic rings. The highest BCUT2D eigenvalue weighted by Crippen LogP contribution is 2.17. The van der Waals surface area contributed by atoms with E-state index in [9.17, 15) is 19.5 Å². The number of amides is 2. The van der Waals surface area contributed by atoms with Gasteiger partial charge in [-0.05, 0) is 31.4 Å². The van der Waals surface area contributed by atoms with Crippen molar-refractivity contribution in [1.29, 1.82) is 0 Å². The van der Waals surface area contributed by atoms with Gasteiger partial charge in [-0.1, -0.05) is 36.4 Å². The number of carbonyl (C=O) groups is 3. The van der Waals surface area contributed by atoms with Crippen LogP contribution in [0.25, 0.3) is 6.08 Å². The number of hydrogen-bond acceptors (Lipinski definition) is 9. The predicted octanol–water partition coefficient (Wildman–Crippen LogP) is 2.69. The second-order valence-corrected chi connectivity index (χ2v) is 8.62. The van der Waals surface area contributed by atoms with Gasteiger partial charge in [0.05, 0.1) is 28.9 Å². The molecule has 2 aromatic heterocycles. The standard InChI is InChI=1S/C25H27N5O5S/c1-15-21(16(2)29-25(28-15)26-12-6-9-17-8-4-5-10-19(17)31)23(33)30-18(24(34)35-3)14-27-22(32)20-11-7-13-36-20/h4-11,13,18,31H,12,14H2,1-3H3,(H,27,32)(H,30,33)(H,26,28,29)/b9-6+/t18-/m0/s1. The van der Waals surface area contributed by atoms with Crippen molar-refractivity contribution in [3.05, 3.63) is 75.2 Å². The summed E-state index contributed by atoms with van der Waals surface area (Å²) in [6, 6.07) is 9.28. The van der Waals surface area contributed by atoms with Crippen molar-refractivity contribution < 1.29 is 24.2 Å². The highest BCUT2D eigenvalue weighted by molar-refractivity contribution is 7.12. The van der Waals surface area contributed by atoms with E-state index in [1.807, 2.05) is 12.1 Å². The second kappa shape index (κ2) is 12.5. The molecule has 2 amide bonds. The Kier molecular flexibility index (Phi) is 9.12. The SMILES string of the molecule is COC(=O)[C@H](CNC(=O)c1cccs1)NC(=O)c1c(C)nc(NC/C=C/c2ccccc2O)nc1C. The summed E-state index contributed by atoms with van der Waals surface area (Å²) in [5.74, 6) is -1.09. The van der Waals surface area contributed by atoms with Crippen LogP contribution < -0.4 is 16.0 Å². The number of aryl methyl sites for hydroxylation is 2. The number of anilines is 1. The smallest absolute Gasteiger partial charge is 0.330 e. The van der Waals surface area contributed by atoms with E-state index in [1.165, 1.54) is 18.4 Å². The first-order valence-corrected chi connectivity index (χ1v) is 11.9. The van der Waals surface area contributed by atoms with Crippen molar-refractivity contribution in [3.63, 3.8) is 0 Å². The van der Waals surface area contributed by atoms with Crippen LogP contribution in [0, 0.1) is 13.8 Å². The lowest BCUT2D eigenvalue weighted by Gasteiger charge is -2.18. The number of aromatic hydroxyl groups is 1. The molecule has 0 saturated carbocycles. The van der Waals surface area contributed by atoms with Crippen LogP contribution in [-0.2, 0) is 9.53 Å². The molecule has 4 N–H and O–H groups in total. The van der Waals surface area contributed by atoms with Gasteiger partial charge in [-0.15, -0.1) is 11.3 Å². The number of hydrogen-bond donors (Lipinski definition) is 4. The molecule has 0 unspecified atom stereocenters. The second-order valence-electron chi connectivity index (χ2n) is 7.67. The van der Waals surface area contributed by atoms with E-state index in [0.29, 0.717) is 34.3 Å². The summed E-state index contributed by atoms with van der Waals surface area (Å²) in [6.45, 7) is 3.58. The normalized spacial score (nSPS) is 11.6. The van der Waals surface area contributed by atoms with Crippen molar-refractivity contribution >= 4 is 41.1 Å². The molecular formula is C25H27N5O5S. The van der Waals surface area contributed by atoms with Crippen LogP contribution in [0.4, 0.5) is 5.95 Å². The Balaban J connectivity index is 1.64. The number of phenolic OH excluding ortho intramolecular Hbond substituents is 1. The van der Waals surface area contributed by atoms with Gasteiger partial charge < -0.3 is 25.8 Å². The zero-order valence-electron chi connectivity index (χ0n) is 20.1. The molecule has 1 aromatic carbocycles. The quantitative estimate of drug-likeness (QED) is 0.306. The molecule has 3 rings (SSSR count). The Morgan fingerprint density at radius 3 is 2.44 bits per heavy atom. The van der Waals surface area contributed by atoms with E-state index in [-0.39, 0.29) is 23.8 Å². The van der Waals surface area contributed by atoms with Gasteiger partial charge in [0.15, 0.2) is 0 Å². The molecule has 0 saturated heterocycles. The number of phenols is 1. The number of benzene rings is 1. The van der Waals surface area contributed by atoms with Crippen molar-refractivity contribution in [2.45, 2.75) is 19.9 Å². The fraction of sp³-hybridized carbons (Fsp3) is 0.240. The van der Waals surface area contributed by atoms with Gasteiger partial charge in [0, 0.05) is 18.7 Å². The summed E-state index contributed by atoms with van der Waals surface area (Å²) >= 11 is 1.27. The zero-order chi connectivity index (χ0) is 26.1. The van der Waals surface area contributed by atoms with Crippen LogP contribution in [0.1, 0.15) is 37.0 Å². The van der Waals surface area contributed by atoms with Crippen molar-refractivity contribution in [2.24, 2.45) is 0 Å². The van der Waals surface area contributed by atoms with Crippen LogP contribution in [0.3, 0.4) is 0 Å². The summed E-state index contributed by atoms with van der Waals surface area (Å²) in [5, 5.41) is 19.9. The molecule has 0 spiro atoms. The van der Waals surface area contributed by atoms with E-state index in [2.05, 4.69) is 25.9 Å². The minimum absolute atomic E-state index is 0.142. The maximum atomic E-state index is 13.0. The van der Waals surface area contributed by atoms with Gasteiger partial charge in [-0.3, -0.25) is 9.59 Å². The monoisotopic (exact) mass is 509 g/mol. The highest BCUT2D eigenvalue weighted by atomic mass is 32.1. The van der Waals surface area contributed by atoms with Crippen LogP contribution >= 0.6 is 11.3 Å². The molecule has 1 atom stereocenters. The third kappa shape index (κ3) is 6.89. The third-order valence-electron chi connectivity index (χ3n) is 5.11. The first-order chi connectivity index (χ1) is 17.3. The van der Waals surface area contributed by atoms with Gasteiger partial charge in [0.1, 0.15) is 11.8 Å². The summed E-state index contributed by atoms with van der Waals surface area (Å²) < 4.78 is 4.78. The summed E-state index contributed by atoms with van der Waals surface area (Å²) in [7, 11) is 1.20. The molecule has 11 heteroatoms. The molecule has 0 aliphatic carbocycles. The lowest BCUT2D eigenvalue weighted by atomic mass is 10.1. The molecule has 2 heterocycles. The van der Waals surface area contributed by atoms with Gasteiger partial charge in [0.25, 0.3) is 11.8 Å². The zero-order valence-corrected chi connectivity index (χ0v) is 20.9. The molecule has 0 bridgehead atoms. The molecular weight excluding hydrogens is 482 g/mol. The van der Waals surface area contributed by atoms with E-state index in [1.54, 1.807) is 55.6 Å². The van der Waals surface area contributed by atoms with Gasteiger partial charge in [-0.25, -0.2) is 14.8 Å². The first-order valence-electron chi connectivity index (χ1n) is 11.0. The molecule has 3 aromatic rings. The summed E-state index contributed by atoms with van der Waals surface area (Å²) in [4.78, 5) is 46.6. The number of aromatic nitrogens is 2. The summed E-state index contributed by atoms with van der Waals surface area (Å²) in [5.41, 5.74) is 1.74. The van der Waals surface area contributed by atoms with Crippen molar-refractivity contribution in [3.8, 4) is 5.75 Å². The van der Waals surface area contributed by atoms with Crippen LogP contribution in [-0.4, -0.2) is 59.1 Å². The summed E-state index contributed by atoms with van der Waals surface area (Å²) in [6.07, 6.45) is 3.59. The fourth-order valence-corrected chi connectivity index (χ4v) is 3.98. The number of para-hydroxylation sites is 1. The van der Waals surface area contributed by atoms with Crippen molar-refractivity contribution in [1.82, 2.24) is 20.6 Å². The maximum Gasteiger partial charge on any atom is 0.330 e. The average Bonchev–Trinajstić information content (AvgIpc) is 3.39. The van der Waals surface area contributed by atoms with E-state index in [0.717, 1.165) is 0 Å². The minimum Gasteiger partial charge on any atom is -0.507 e. The number of nitrogens with one attached hydrogen (secondary N) is 3. The maximum absolute atomic E-state index is 13.0. The molecule has 36 heavy (non-hydrogen) atoms. The number of nitrogens with zero attached hydrogens (tertiary/aromatic N) is 2. The number of methoxy groups -OCH3 is 1. The topological polar surface area (TPSA) is 143 Å². The Labute approximate surface area is 212 Å². The van der Waals surface area contributed by atoms with E-state index < -0.39 is 17.9 Å². The number of esters is 1. The highest BCUT2D eigenvalue weighted by Gasteiger charge is 2.25. The molecule has 10 nitrogen and oxygen atoms in total. The molecule has 188 valence electrons. The fourth-order valence-electron chi connectivity index (χ4n) is 3.34. The number of rotatable bonds is 10. The van der Waals surface area contributed by atoms with Crippen LogP contribution in [0.5, 0.6) is 5.75 Å². The molecule has 0 fully saturated rings. The minimum atomic E-state index is -1.09. The van der Waals surface area contributed by atoms with Gasteiger partial charge >= 0.3 is 5.97 Å². The van der Waals surface area contributed by atoms with E-state index >= 15 is 0 Å². The van der Waals surface area contributed by atoms with Gasteiger partial charge in [-0.2, -0.15) is 0 Å². The Bertz CT molecular complexity index is 1240. The Morgan fingerprint density at radius 1 is 1.08 bits per heavy atom. The van der Waals surface area contributed by atoms with Crippen molar-refractivity contribution in [2.75, 3.05) is 25.5 Å². The Morgan fingerprint density at radius 2 is 1.81 bits per heavy atom. The lowest BCUT2D eigenvalue weighted by Crippen LogP contribution is -2.49. The first kappa shape index (κ1) is 26.4. The Hall–Kier alpha value is -4.25. The van der Waals surface area contributed by atoms with E-state index in [4.69, 9.17) is 4.74 Å². The number of carbonyl (C=O) groups excluding carboxylic acids is 3. The lowest BCUT2D eigenvalue weighted by molar-refractivity contribution is -0.142. The molecule has 0 radical (unpaired) electrons. The van der Waals surface area contributed by atoms with Crippen LogP contribution in [0.15, 0.2) is 47.9 Å². The average molecular weight is 510 g/mol. The molecule has 0 aliphatic heterocycles. The largest absolute Gasteiger partial charge is 0.507 e. The number of thiophene rings is 1. The number of ether oxygens (including phenoxy) is 1.